The van der Waals surface area contributed by atoms with Gasteiger partial charge in [-0.3, -0.25) is 9.48 Å². The summed E-state index contributed by atoms with van der Waals surface area (Å²) in [4.78, 5) is 12.5. The maximum atomic E-state index is 12.5. The number of nitrogens with two attached hydrogens (primary N) is 1. The first-order chi connectivity index (χ1) is 12.7. The van der Waals surface area contributed by atoms with Crippen LogP contribution < -0.4 is 10.6 Å². The van der Waals surface area contributed by atoms with Crippen LogP contribution in [0.1, 0.15) is 56.3 Å². The highest BCUT2D eigenvalue weighted by molar-refractivity contribution is 5.92. The maximum absolute atomic E-state index is 12.5. The Kier molecular flexibility index (Phi) is 7.19. The van der Waals surface area contributed by atoms with Crippen LogP contribution in [0.5, 0.6) is 0 Å². The van der Waals surface area contributed by atoms with Crippen molar-refractivity contribution in [3.8, 4) is 0 Å². The number of hydrogen-bond donors (Lipinski definition) is 2. The van der Waals surface area contributed by atoms with Crippen LogP contribution in [0.2, 0.25) is 0 Å². The molecule has 2 aromatic rings. The lowest BCUT2D eigenvalue weighted by Crippen LogP contribution is -2.88. The third kappa shape index (κ3) is 5.67. The molecule has 0 bridgehead atoms. The van der Waals surface area contributed by atoms with E-state index in [0.29, 0.717) is 18.4 Å². The maximum Gasteiger partial charge on any atom is 0.279 e. The number of anilines is 1. The van der Waals surface area contributed by atoms with Crippen LogP contribution >= 0.6 is 0 Å². The Morgan fingerprint density at radius 3 is 2.26 bits per heavy atom. The van der Waals surface area contributed by atoms with Gasteiger partial charge in [0, 0.05) is 18.5 Å². The summed E-state index contributed by atoms with van der Waals surface area (Å²) in [5, 5.41) is 9.51. The van der Waals surface area contributed by atoms with Crippen molar-refractivity contribution in [3.63, 3.8) is 0 Å². The van der Waals surface area contributed by atoms with Gasteiger partial charge >= 0.3 is 0 Å². The van der Waals surface area contributed by atoms with E-state index in [0.717, 1.165) is 23.5 Å². The van der Waals surface area contributed by atoms with Crippen LogP contribution in [0.3, 0.4) is 0 Å². The molecule has 5 heteroatoms. The predicted molar refractivity (Wildman–Crippen MR) is 111 cm³/mol. The lowest BCUT2D eigenvalue weighted by atomic mass is 9.93. The molecular formula is C22H35N4O+. The summed E-state index contributed by atoms with van der Waals surface area (Å²) in [6.07, 6.45) is 1.10. The summed E-state index contributed by atoms with van der Waals surface area (Å²) in [6, 6.07) is 9.14. The molecule has 0 aliphatic carbocycles. The fraction of sp³-hybridized carbons (Fsp3) is 0.545. The molecule has 148 valence electrons. The molecule has 2 rings (SSSR count). The van der Waals surface area contributed by atoms with Crippen LogP contribution in [0, 0.1) is 25.7 Å². The second-order valence-corrected chi connectivity index (χ2v) is 8.27. The number of nitrogens with zero attached hydrogens (tertiary/aromatic N) is 2. The van der Waals surface area contributed by atoms with Gasteiger partial charge in [-0.15, -0.1) is 0 Å². The van der Waals surface area contributed by atoms with E-state index in [1.807, 2.05) is 20.9 Å². The predicted octanol–water partition coefficient (Wildman–Crippen LogP) is 3.13. The van der Waals surface area contributed by atoms with Gasteiger partial charge in [-0.25, -0.2) is 0 Å². The molecular weight excluding hydrogens is 336 g/mol. The first-order valence-electron chi connectivity index (χ1n) is 9.91. The van der Waals surface area contributed by atoms with Gasteiger partial charge in [-0.2, -0.15) is 5.10 Å². The average molecular weight is 372 g/mol. The lowest BCUT2D eigenvalue weighted by molar-refractivity contribution is -0.692. The van der Waals surface area contributed by atoms with Crippen LogP contribution in [0.15, 0.2) is 24.3 Å². The number of aromatic nitrogens is 2. The van der Waals surface area contributed by atoms with Gasteiger partial charge in [0.1, 0.15) is 6.04 Å². The topological polar surface area (TPSA) is 63.5 Å². The molecule has 0 saturated heterocycles. The number of rotatable bonds is 8. The molecule has 0 saturated carbocycles. The van der Waals surface area contributed by atoms with Crippen LogP contribution in [-0.2, 0) is 18.3 Å². The molecule has 1 aromatic heterocycles. The van der Waals surface area contributed by atoms with Gasteiger partial charge in [-0.05, 0) is 31.7 Å². The largest absolute Gasteiger partial charge is 0.332 e. The minimum Gasteiger partial charge on any atom is -0.332 e. The number of carbonyl (C=O) groups excluding carboxylic acids is 1. The summed E-state index contributed by atoms with van der Waals surface area (Å²) >= 11 is 0. The van der Waals surface area contributed by atoms with Crippen molar-refractivity contribution in [2.75, 3.05) is 11.9 Å². The first kappa shape index (κ1) is 21.2. The molecule has 0 aliphatic rings. The monoisotopic (exact) mass is 371 g/mol. The van der Waals surface area contributed by atoms with Crippen molar-refractivity contribution < 1.29 is 10.1 Å². The summed E-state index contributed by atoms with van der Waals surface area (Å²) in [6.45, 7) is 13.2. The molecule has 5 nitrogen and oxygen atoms in total. The Morgan fingerprint density at radius 2 is 1.78 bits per heavy atom. The third-order valence-corrected chi connectivity index (χ3v) is 5.06. The number of aryl methyl sites for hydroxylation is 2. The van der Waals surface area contributed by atoms with Crippen molar-refractivity contribution in [3.05, 3.63) is 46.8 Å². The second kappa shape index (κ2) is 9.18. The fourth-order valence-corrected chi connectivity index (χ4v) is 3.52. The lowest BCUT2D eigenvalue weighted by Gasteiger charge is -2.20. The SMILES string of the molecule is Cc1nn(C)c(C)c1NC(=O)C[NH2+][C@H](c1ccc(CC(C)C)cc1)C(C)C. The van der Waals surface area contributed by atoms with E-state index in [9.17, 15) is 4.79 Å². The molecule has 1 amide bonds. The van der Waals surface area contributed by atoms with Gasteiger partial charge in [0.05, 0.1) is 17.1 Å². The molecule has 1 heterocycles. The molecule has 3 N–H and O–H groups in total. The fourth-order valence-electron chi connectivity index (χ4n) is 3.52. The van der Waals surface area contributed by atoms with Crippen molar-refractivity contribution in [2.45, 2.75) is 54.0 Å². The highest BCUT2D eigenvalue weighted by atomic mass is 16.1. The van der Waals surface area contributed by atoms with E-state index in [2.05, 4.69) is 67.7 Å². The van der Waals surface area contributed by atoms with E-state index < -0.39 is 0 Å². The van der Waals surface area contributed by atoms with Gasteiger partial charge < -0.3 is 10.6 Å². The van der Waals surface area contributed by atoms with E-state index in [1.165, 1.54) is 11.1 Å². The number of nitrogens with one attached hydrogen (secondary N) is 1. The molecule has 27 heavy (non-hydrogen) atoms. The quantitative estimate of drug-likeness (QED) is 0.749. The molecule has 0 spiro atoms. The summed E-state index contributed by atoms with van der Waals surface area (Å²) in [5.41, 5.74) is 5.30. The number of quaternary nitrogens is 1. The summed E-state index contributed by atoms with van der Waals surface area (Å²) in [7, 11) is 1.89. The molecule has 0 radical (unpaired) electrons. The van der Waals surface area contributed by atoms with E-state index in [1.54, 1.807) is 4.68 Å². The molecule has 0 aliphatic heterocycles. The zero-order valence-electron chi connectivity index (χ0n) is 17.8. The van der Waals surface area contributed by atoms with Gasteiger partial charge in [-0.1, -0.05) is 52.0 Å². The van der Waals surface area contributed by atoms with Crippen molar-refractivity contribution in [2.24, 2.45) is 18.9 Å². The molecule has 0 unspecified atom stereocenters. The summed E-state index contributed by atoms with van der Waals surface area (Å²) < 4.78 is 1.80. The highest BCUT2D eigenvalue weighted by Gasteiger charge is 2.21. The Labute approximate surface area is 163 Å². The van der Waals surface area contributed by atoms with Crippen molar-refractivity contribution >= 4 is 11.6 Å². The first-order valence-corrected chi connectivity index (χ1v) is 9.91. The number of carbonyl (C=O) groups is 1. The Morgan fingerprint density at radius 1 is 1.15 bits per heavy atom. The Hall–Kier alpha value is -2.14. The number of hydrogen-bond acceptors (Lipinski definition) is 2. The third-order valence-electron chi connectivity index (χ3n) is 5.06. The Bertz CT molecular complexity index is 759. The van der Waals surface area contributed by atoms with Crippen LogP contribution in [-0.4, -0.2) is 22.2 Å². The number of benzene rings is 1. The zero-order valence-corrected chi connectivity index (χ0v) is 17.8. The van der Waals surface area contributed by atoms with Gasteiger partial charge in [0.2, 0.25) is 0 Å². The van der Waals surface area contributed by atoms with Crippen LogP contribution in [0.4, 0.5) is 5.69 Å². The van der Waals surface area contributed by atoms with E-state index in [-0.39, 0.29) is 11.9 Å². The zero-order chi connectivity index (χ0) is 20.1. The number of amides is 1. The van der Waals surface area contributed by atoms with Gasteiger partial charge in [0.25, 0.3) is 5.91 Å². The van der Waals surface area contributed by atoms with Crippen LogP contribution in [0.25, 0.3) is 0 Å². The Balaban J connectivity index is 2.00. The minimum absolute atomic E-state index is 0.0104. The van der Waals surface area contributed by atoms with Crippen molar-refractivity contribution in [1.82, 2.24) is 9.78 Å². The highest BCUT2D eigenvalue weighted by Crippen LogP contribution is 2.20. The second-order valence-electron chi connectivity index (χ2n) is 8.27. The standard InChI is InChI=1S/C22H34N4O/c1-14(2)12-18-8-10-19(11-9-18)21(15(3)4)23-13-20(27)24-22-16(5)25-26(7)17(22)6/h8-11,14-15,21,23H,12-13H2,1-7H3,(H,24,27)/p+1/t21-/m0/s1. The van der Waals surface area contributed by atoms with E-state index >= 15 is 0 Å². The normalized spacial score (nSPS) is 12.6. The van der Waals surface area contributed by atoms with Crippen molar-refractivity contribution in [1.29, 1.82) is 0 Å². The average Bonchev–Trinajstić information content (AvgIpc) is 2.82. The smallest absolute Gasteiger partial charge is 0.279 e. The summed E-state index contributed by atoms with van der Waals surface area (Å²) in [5.74, 6) is 1.11. The van der Waals surface area contributed by atoms with E-state index in [4.69, 9.17) is 0 Å². The van der Waals surface area contributed by atoms with Gasteiger partial charge in [0.15, 0.2) is 6.54 Å². The minimum atomic E-state index is 0.0104. The molecule has 0 fully saturated rings. The molecule has 1 aromatic carbocycles. The molecule has 1 atom stereocenters.